The monoisotopic (exact) mass is 575 g/mol. The van der Waals surface area contributed by atoms with Gasteiger partial charge < -0.3 is 19.8 Å². The molecule has 2 aromatic carbocycles. The number of aliphatic carboxylic acids is 2. The van der Waals surface area contributed by atoms with Crippen molar-refractivity contribution in [2.45, 2.75) is 39.3 Å². The third-order valence-electron chi connectivity index (χ3n) is 6.45. The van der Waals surface area contributed by atoms with Gasteiger partial charge in [0.2, 0.25) is 0 Å². The van der Waals surface area contributed by atoms with E-state index in [1.807, 2.05) is 42.6 Å². The number of carboxylic acids is 2. The van der Waals surface area contributed by atoms with Crippen molar-refractivity contribution in [3.05, 3.63) is 79.2 Å². The molecule has 41 heavy (non-hydrogen) atoms. The Hall–Kier alpha value is -4.77. The summed E-state index contributed by atoms with van der Waals surface area (Å²) in [6.07, 6.45) is 11.2. The number of aromatic nitrogens is 1. The van der Waals surface area contributed by atoms with E-state index in [4.69, 9.17) is 4.99 Å². The van der Waals surface area contributed by atoms with Gasteiger partial charge in [-0.3, -0.25) is 19.1 Å². The number of hydrogen-bond acceptors (Lipinski definition) is 8. The number of nitrogens with zero attached hydrogens (tertiary/aromatic N) is 3. The first-order valence-electron chi connectivity index (χ1n) is 13.0. The van der Waals surface area contributed by atoms with Crippen LogP contribution in [0.3, 0.4) is 0 Å². The maximum absolute atomic E-state index is 12.9. The zero-order valence-corrected chi connectivity index (χ0v) is 23.2. The summed E-state index contributed by atoms with van der Waals surface area (Å²) in [7, 11) is 0. The maximum Gasteiger partial charge on any atom is 0.346 e. The molecule has 0 unspecified atom stereocenters. The van der Waals surface area contributed by atoms with E-state index in [2.05, 4.69) is 22.6 Å². The Bertz CT molecular complexity index is 1690. The molecule has 11 heteroatoms. The van der Waals surface area contributed by atoms with Crippen LogP contribution >= 0.6 is 11.3 Å². The highest BCUT2D eigenvalue weighted by Gasteiger charge is 2.22. The summed E-state index contributed by atoms with van der Waals surface area (Å²) in [5, 5.41) is 18.7. The van der Waals surface area contributed by atoms with E-state index >= 15 is 0 Å². The van der Waals surface area contributed by atoms with Crippen LogP contribution in [0.25, 0.3) is 17.7 Å². The molecular weight excluding hydrogens is 546 g/mol. The van der Waals surface area contributed by atoms with Gasteiger partial charge in [0.25, 0.3) is 12.0 Å². The van der Waals surface area contributed by atoms with Crippen LogP contribution in [-0.2, 0) is 25.9 Å². The molecule has 10 nitrogen and oxygen atoms in total. The number of aliphatic imine (C=N–C) groups is 1. The molecule has 0 radical (unpaired) electrons. The average molecular weight is 576 g/mol. The molecule has 1 aliphatic rings. The Balaban J connectivity index is 1.70. The minimum absolute atomic E-state index is 0.0761. The molecule has 0 bridgehead atoms. The number of thiazole rings is 1. The van der Waals surface area contributed by atoms with Gasteiger partial charge in [0.15, 0.2) is 12.3 Å². The van der Waals surface area contributed by atoms with E-state index in [9.17, 15) is 29.4 Å². The largest absolute Gasteiger partial charge is 0.477 e. The highest BCUT2D eigenvalue weighted by atomic mass is 32.1. The van der Waals surface area contributed by atoms with Crippen molar-refractivity contribution in [3.8, 4) is 0 Å². The predicted molar refractivity (Wildman–Crippen MR) is 158 cm³/mol. The minimum Gasteiger partial charge on any atom is -0.477 e. The zero-order valence-electron chi connectivity index (χ0n) is 22.4. The van der Waals surface area contributed by atoms with E-state index in [1.165, 1.54) is 12.5 Å². The summed E-state index contributed by atoms with van der Waals surface area (Å²) >= 11 is 0.685. The third kappa shape index (κ3) is 6.69. The number of benzene rings is 2. The Morgan fingerprint density at radius 3 is 2.56 bits per heavy atom. The van der Waals surface area contributed by atoms with Gasteiger partial charge in [-0.05, 0) is 36.3 Å². The molecule has 212 valence electrons. The predicted octanol–water partition coefficient (Wildman–Crippen LogP) is 3.64. The zero-order chi connectivity index (χ0) is 29.4. The molecule has 2 heterocycles. The molecule has 4 rings (SSSR count). The van der Waals surface area contributed by atoms with Gasteiger partial charge in [0.05, 0.1) is 21.6 Å². The molecule has 0 spiro atoms. The maximum atomic E-state index is 12.9. The Morgan fingerprint density at radius 1 is 1.05 bits per heavy atom. The topological polar surface area (TPSA) is 138 Å². The lowest BCUT2D eigenvalue weighted by Crippen LogP contribution is -2.34. The van der Waals surface area contributed by atoms with Gasteiger partial charge in [-0.25, -0.2) is 9.59 Å². The lowest BCUT2D eigenvalue weighted by atomic mass is 10.1. The minimum atomic E-state index is -1.72. The first-order valence-corrected chi connectivity index (χ1v) is 13.9. The van der Waals surface area contributed by atoms with Gasteiger partial charge in [-0.2, -0.15) is 0 Å². The third-order valence-corrected chi connectivity index (χ3v) is 7.60. The van der Waals surface area contributed by atoms with Crippen molar-refractivity contribution in [2.75, 3.05) is 11.4 Å². The molecule has 0 saturated carbocycles. The summed E-state index contributed by atoms with van der Waals surface area (Å²) < 4.78 is 5.15. The second-order valence-corrected chi connectivity index (χ2v) is 10.2. The normalized spacial score (nSPS) is 12.6. The van der Waals surface area contributed by atoms with Crippen molar-refractivity contribution in [2.24, 2.45) is 4.99 Å². The van der Waals surface area contributed by atoms with Crippen LogP contribution in [0, 0.1) is 0 Å². The van der Waals surface area contributed by atoms with E-state index in [0.29, 0.717) is 11.3 Å². The smallest absolute Gasteiger partial charge is 0.346 e. The van der Waals surface area contributed by atoms with Gasteiger partial charge in [0.1, 0.15) is 4.66 Å². The number of hydrogen-bond donors (Lipinski definition) is 2. The van der Waals surface area contributed by atoms with Crippen molar-refractivity contribution < 1.29 is 29.3 Å². The van der Waals surface area contributed by atoms with Crippen LogP contribution in [0.2, 0.25) is 0 Å². The number of carbonyl (C=O) groups is 3. The standard InChI is InChI=1S/C30H29N3O7S/c1-2-3-4-7-15-32-23-11-6-5-10-21(23)17-31-22-16-20(13-14-24(22)32)9-8-12-25-27(35)33(18-40-19-34)28(41-25)26(29(36)37)30(38)39/h5-6,8-14,16-17,19H,2-4,7,15,18H2,1H3,(H,36,37)(H,38,39)/b9-8+,25-12+. The quantitative estimate of drug-likeness (QED) is 0.190. The first-order chi connectivity index (χ1) is 19.8. The molecule has 3 aromatic rings. The van der Waals surface area contributed by atoms with Gasteiger partial charge in [-0.15, -0.1) is 11.3 Å². The van der Waals surface area contributed by atoms with E-state index < -0.39 is 29.8 Å². The average Bonchev–Trinajstić information content (AvgIpc) is 3.15. The number of carboxylic acid groups (broad SMARTS) is 2. The van der Waals surface area contributed by atoms with Crippen LogP contribution in [0.4, 0.5) is 17.1 Å². The number of fused-ring (bicyclic) bond motifs is 2. The van der Waals surface area contributed by atoms with Crippen molar-refractivity contribution >= 4 is 70.7 Å². The first kappa shape index (κ1) is 29.2. The summed E-state index contributed by atoms with van der Waals surface area (Å²) in [6.45, 7) is 2.52. The highest BCUT2D eigenvalue weighted by molar-refractivity contribution is 7.07. The van der Waals surface area contributed by atoms with Gasteiger partial charge >= 0.3 is 11.9 Å². The number of rotatable bonds is 12. The fourth-order valence-corrected chi connectivity index (χ4v) is 5.56. The lowest BCUT2D eigenvalue weighted by molar-refractivity contribution is -0.136. The van der Waals surface area contributed by atoms with Crippen LogP contribution in [0.15, 0.2) is 58.3 Å². The van der Waals surface area contributed by atoms with Crippen molar-refractivity contribution in [3.63, 3.8) is 0 Å². The van der Waals surface area contributed by atoms with Crippen molar-refractivity contribution in [1.29, 1.82) is 0 Å². The summed E-state index contributed by atoms with van der Waals surface area (Å²) in [6, 6.07) is 14.1. The fraction of sp³-hybridized carbons (Fsp3) is 0.233. The molecule has 0 amide bonds. The number of carbonyl (C=O) groups excluding carboxylic acids is 1. The second-order valence-electron chi connectivity index (χ2n) is 9.19. The summed E-state index contributed by atoms with van der Waals surface area (Å²) in [5.74, 6) is -3.43. The molecule has 1 aliphatic heterocycles. The Morgan fingerprint density at radius 2 is 1.83 bits per heavy atom. The second kappa shape index (κ2) is 13.5. The fourth-order valence-electron chi connectivity index (χ4n) is 4.49. The van der Waals surface area contributed by atoms with E-state index in [0.717, 1.165) is 58.6 Å². The van der Waals surface area contributed by atoms with Crippen LogP contribution in [0.5, 0.6) is 0 Å². The molecule has 0 saturated heterocycles. The van der Waals surface area contributed by atoms with Crippen LogP contribution in [0.1, 0.15) is 43.7 Å². The van der Waals surface area contributed by atoms with Gasteiger partial charge in [-0.1, -0.05) is 62.6 Å². The number of anilines is 2. The number of unbranched alkanes of at least 4 members (excludes halogenated alkanes) is 3. The highest BCUT2D eigenvalue weighted by Crippen LogP contribution is 2.39. The van der Waals surface area contributed by atoms with Crippen LogP contribution < -0.4 is 19.7 Å². The molecule has 0 aliphatic carbocycles. The van der Waals surface area contributed by atoms with E-state index in [1.54, 1.807) is 12.2 Å². The summed E-state index contributed by atoms with van der Waals surface area (Å²) in [5.41, 5.74) is 3.08. The number of para-hydroxylation sites is 1. The number of ether oxygens (including phenoxy) is 1. The number of allylic oxidation sites excluding steroid dienone is 1. The van der Waals surface area contributed by atoms with E-state index in [-0.39, 0.29) is 15.7 Å². The van der Waals surface area contributed by atoms with Crippen LogP contribution in [-0.4, -0.2) is 46.0 Å². The Labute approximate surface area is 239 Å². The molecule has 0 atom stereocenters. The molecule has 2 N–H and O–H groups in total. The molecule has 1 aromatic heterocycles. The summed E-state index contributed by atoms with van der Waals surface area (Å²) in [4.78, 5) is 53.6. The SMILES string of the molecule is CCCCCCN1c2ccccc2C=Nc2cc(/C=C/C=c3/sc(=C(C(=O)O)C(=O)O)n(COC=O)c3=O)ccc21. The molecule has 0 fully saturated rings. The lowest BCUT2D eigenvalue weighted by Gasteiger charge is -2.26. The molecular formula is C30H29N3O7S. The van der Waals surface area contributed by atoms with Crippen molar-refractivity contribution in [1.82, 2.24) is 4.57 Å². The van der Waals surface area contributed by atoms with Gasteiger partial charge in [0, 0.05) is 18.3 Å². The Kier molecular flexibility index (Phi) is 9.64.